The molecule has 0 bridgehead atoms. The molecule has 0 radical (unpaired) electrons. The van der Waals surface area contributed by atoms with E-state index >= 15 is 0 Å². The summed E-state index contributed by atoms with van der Waals surface area (Å²) >= 11 is 0. The molecule has 1 aliphatic carbocycles. The van der Waals surface area contributed by atoms with Crippen molar-refractivity contribution in [2.45, 2.75) is 58.5 Å². The van der Waals surface area contributed by atoms with Gasteiger partial charge in [-0.1, -0.05) is 30.9 Å². The van der Waals surface area contributed by atoms with Crippen molar-refractivity contribution in [2.24, 2.45) is 0 Å². The fraction of sp³-hybridized carbons (Fsp3) is 0.450. The Bertz CT molecular complexity index is 1040. The van der Waals surface area contributed by atoms with Crippen LogP contribution in [0.25, 0.3) is 16.6 Å². The molecular formula is C20H24N4O2. The summed E-state index contributed by atoms with van der Waals surface area (Å²) in [6.07, 6.45) is 5.60. The Morgan fingerprint density at radius 3 is 2.73 bits per heavy atom. The average Bonchev–Trinajstić information content (AvgIpc) is 2.93. The van der Waals surface area contributed by atoms with Crippen LogP contribution in [0, 0.1) is 13.8 Å². The number of hydrogen-bond acceptors (Lipinski definition) is 3. The molecule has 2 aromatic heterocycles. The van der Waals surface area contributed by atoms with Crippen LogP contribution in [0.5, 0.6) is 0 Å². The van der Waals surface area contributed by atoms with Gasteiger partial charge in [-0.15, -0.1) is 5.10 Å². The number of pyridine rings is 1. The van der Waals surface area contributed by atoms with Gasteiger partial charge < -0.3 is 5.32 Å². The summed E-state index contributed by atoms with van der Waals surface area (Å²) in [7, 11) is 0. The number of rotatable bonds is 3. The largest absolute Gasteiger partial charge is 0.352 e. The van der Waals surface area contributed by atoms with E-state index in [4.69, 9.17) is 0 Å². The molecule has 0 saturated heterocycles. The van der Waals surface area contributed by atoms with Crippen molar-refractivity contribution in [1.29, 1.82) is 0 Å². The van der Waals surface area contributed by atoms with Gasteiger partial charge in [0.15, 0.2) is 5.65 Å². The first-order valence-electron chi connectivity index (χ1n) is 9.32. The van der Waals surface area contributed by atoms with E-state index in [9.17, 15) is 9.59 Å². The number of aryl methyl sites for hydroxylation is 2. The van der Waals surface area contributed by atoms with Crippen molar-refractivity contribution in [3.05, 3.63) is 45.9 Å². The Labute approximate surface area is 151 Å². The van der Waals surface area contributed by atoms with Crippen LogP contribution in [0.3, 0.4) is 0 Å². The van der Waals surface area contributed by atoms with Crippen LogP contribution in [0.15, 0.2) is 29.1 Å². The van der Waals surface area contributed by atoms with E-state index < -0.39 is 0 Å². The molecule has 0 atom stereocenters. The van der Waals surface area contributed by atoms with E-state index in [2.05, 4.69) is 16.5 Å². The second kappa shape index (κ2) is 6.59. The van der Waals surface area contributed by atoms with Crippen LogP contribution < -0.4 is 11.0 Å². The van der Waals surface area contributed by atoms with Gasteiger partial charge in [-0.3, -0.25) is 4.79 Å². The molecule has 0 spiro atoms. The third-order valence-electron chi connectivity index (χ3n) is 5.25. The number of carbonyl (C=O) groups excluding carboxylic acids is 1. The predicted octanol–water partition coefficient (Wildman–Crippen LogP) is 2.71. The van der Waals surface area contributed by atoms with E-state index in [0.29, 0.717) is 5.65 Å². The minimum atomic E-state index is -0.267. The van der Waals surface area contributed by atoms with Crippen LogP contribution in [0.1, 0.15) is 43.2 Å². The number of nitrogens with zero attached hydrogens (tertiary/aromatic N) is 3. The lowest BCUT2D eigenvalue weighted by Crippen LogP contribution is -2.40. The third kappa shape index (κ3) is 3.00. The van der Waals surface area contributed by atoms with Gasteiger partial charge in [0.1, 0.15) is 6.54 Å². The van der Waals surface area contributed by atoms with Gasteiger partial charge in [0.2, 0.25) is 5.91 Å². The Morgan fingerprint density at radius 2 is 1.96 bits per heavy atom. The molecule has 26 heavy (non-hydrogen) atoms. The quantitative estimate of drug-likeness (QED) is 0.788. The lowest BCUT2D eigenvalue weighted by atomic mass is 9.95. The number of aromatic nitrogens is 3. The number of hydrogen-bond donors (Lipinski definition) is 1. The molecule has 6 heteroatoms. The molecule has 1 fully saturated rings. The first kappa shape index (κ1) is 16.8. The first-order chi connectivity index (χ1) is 12.5. The normalized spacial score (nSPS) is 15.6. The second-order valence-corrected chi connectivity index (χ2v) is 7.39. The topological polar surface area (TPSA) is 68.4 Å². The van der Waals surface area contributed by atoms with Crippen LogP contribution >= 0.6 is 0 Å². The second-order valence-electron chi connectivity index (χ2n) is 7.39. The minimum Gasteiger partial charge on any atom is -0.352 e. The highest BCUT2D eigenvalue weighted by Gasteiger charge is 2.18. The van der Waals surface area contributed by atoms with E-state index in [0.717, 1.165) is 47.7 Å². The van der Waals surface area contributed by atoms with E-state index in [-0.39, 0.29) is 24.2 Å². The van der Waals surface area contributed by atoms with Crippen molar-refractivity contribution in [2.75, 3.05) is 0 Å². The highest BCUT2D eigenvalue weighted by Crippen LogP contribution is 2.20. The van der Waals surface area contributed by atoms with Crippen LogP contribution in [0.2, 0.25) is 0 Å². The zero-order valence-corrected chi connectivity index (χ0v) is 15.3. The molecule has 2 heterocycles. The molecule has 4 rings (SSSR count). The number of carbonyl (C=O) groups is 1. The molecule has 1 aromatic carbocycles. The standard InChI is InChI=1S/C20H24N4O2/c1-13-8-9-17-15(10-13)11-14(2)19-22-23(20(26)24(17)19)12-18(25)21-16-6-4-3-5-7-16/h8-11,16H,3-7,12H2,1-2H3,(H,21,25). The fourth-order valence-electron chi connectivity index (χ4n) is 3.93. The molecule has 0 unspecified atom stereocenters. The van der Waals surface area contributed by atoms with Crippen LogP contribution in [0.4, 0.5) is 0 Å². The Kier molecular flexibility index (Phi) is 4.26. The van der Waals surface area contributed by atoms with Gasteiger partial charge >= 0.3 is 5.69 Å². The maximum absolute atomic E-state index is 12.9. The van der Waals surface area contributed by atoms with Crippen molar-refractivity contribution in [3.63, 3.8) is 0 Å². The number of fused-ring (bicyclic) bond motifs is 3. The molecule has 1 amide bonds. The molecule has 6 nitrogen and oxygen atoms in total. The number of nitrogens with one attached hydrogen (secondary N) is 1. The summed E-state index contributed by atoms with van der Waals surface area (Å²) in [6, 6.07) is 8.25. The van der Waals surface area contributed by atoms with E-state index in [1.165, 1.54) is 11.1 Å². The van der Waals surface area contributed by atoms with Crippen LogP contribution in [-0.2, 0) is 11.3 Å². The average molecular weight is 352 g/mol. The first-order valence-corrected chi connectivity index (χ1v) is 9.32. The number of amides is 1. The summed E-state index contributed by atoms with van der Waals surface area (Å²) in [4.78, 5) is 25.3. The molecule has 3 aromatic rings. The minimum absolute atomic E-state index is 0.0379. The zero-order chi connectivity index (χ0) is 18.3. The van der Waals surface area contributed by atoms with E-state index in [1.54, 1.807) is 4.40 Å². The van der Waals surface area contributed by atoms with Gasteiger partial charge in [0.25, 0.3) is 0 Å². The molecule has 1 aliphatic rings. The summed E-state index contributed by atoms with van der Waals surface area (Å²) < 4.78 is 2.89. The SMILES string of the molecule is Cc1ccc2c(c1)cc(C)c1nn(CC(=O)NC3CCCCC3)c(=O)n12. The van der Waals surface area contributed by atoms with E-state index in [1.807, 2.05) is 32.0 Å². The maximum Gasteiger partial charge on any atom is 0.351 e. The fourth-order valence-corrected chi connectivity index (χ4v) is 3.93. The summed E-state index contributed by atoms with van der Waals surface area (Å²) in [5, 5.41) is 8.48. The predicted molar refractivity (Wildman–Crippen MR) is 101 cm³/mol. The maximum atomic E-state index is 12.9. The van der Waals surface area contributed by atoms with Gasteiger partial charge in [-0.2, -0.15) is 0 Å². The number of benzene rings is 1. The zero-order valence-electron chi connectivity index (χ0n) is 15.3. The lowest BCUT2D eigenvalue weighted by molar-refractivity contribution is -0.122. The van der Waals surface area contributed by atoms with Crippen molar-refractivity contribution in [3.8, 4) is 0 Å². The highest BCUT2D eigenvalue weighted by molar-refractivity contribution is 5.84. The van der Waals surface area contributed by atoms with Crippen molar-refractivity contribution in [1.82, 2.24) is 19.5 Å². The van der Waals surface area contributed by atoms with Gasteiger partial charge in [-0.25, -0.2) is 13.9 Å². The van der Waals surface area contributed by atoms with Crippen molar-refractivity contribution < 1.29 is 4.79 Å². The molecule has 1 N–H and O–H groups in total. The summed E-state index contributed by atoms with van der Waals surface area (Å²) in [6.45, 7) is 3.93. The summed E-state index contributed by atoms with van der Waals surface area (Å²) in [5.41, 5.74) is 3.23. The summed E-state index contributed by atoms with van der Waals surface area (Å²) in [5.74, 6) is -0.139. The van der Waals surface area contributed by atoms with Crippen molar-refractivity contribution >= 4 is 22.5 Å². The molecular weight excluding hydrogens is 328 g/mol. The lowest BCUT2D eigenvalue weighted by Gasteiger charge is -2.22. The van der Waals surface area contributed by atoms with Gasteiger partial charge in [0, 0.05) is 6.04 Å². The highest BCUT2D eigenvalue weighted by atomic mass is 16.2. The van der Waals surface area contributed by atoms with Gasteiger partial charge in [0.05, 0.1) is 5.52 Å². The Hall–Kier alpha value is -2.63. The monoisotopic (exact) mass is 352 g/mol. The molecule has 0 aliphatic heterocycles. The smallest absolute Gasteiger partial charge is 0.351 e. The van der Waals surface area contributed by atoms with Crippen LogP contribution in [-0.4, -0.2) is 26.1 Å². The van der Waals surface area contributed by atoms with Gasteiger partial charge in [-0.05, 0) is 55.8 Å². The molecule has 1 saturated carbocycles. The molecule has 136 valence electrons. The Balaban J connectivity index is 1.69. The third-order valence-corrected chi connectivity index (χ3v) is 5.25. The Morgan fingerprint density at radius 1 is 1.19 bits per heavy atom.